The number of nitrogens with one attached hydrogen (secondary N) is 2. The third kappa shape index (κ3) is 2.47. The maximum Gasteiger partial charge on any atom is 0.252 e. The zero-order chi connectivity index (χ0) is 13.9. The van der Waals surface area contributed by atoms with E-state index in [-0.39, 0.29) is 17.9 Å². The average molecular weight is 269 g/mol. The quantitative estimate of drug-likeness (QED) is 0.861. The first-order chi connectivity index (χ1) is 9.74. The summed E-state index contributed by atoms with van der Waals surface area (Å²) in [5.41, 5.74) is 1.42. The Hall–Kier alpha value is -2.43. The molecule has 102 valence electrons. The second kappa shape index (κ2) is 5.28. The zero-order valence-electron chi connectivity index (χ0n) is 10.9. The smallest absolute Gasteiger partial charge is 0.252 e. The third-order valence-electron chi connectivity index (χ3n) is 3.49. The highest BCUT2D eigenvalue weighted by atomic mass is 16.2. The number of para-hydroxylation sites is 1. The van der Waals surface area contributed by atoms with Gasteiger partial charge < -0.3 is 10.6 Å². The van der Waals surface area contributed by atoms with Gasteiger partial charge in [0.15, 0.2) is 0 Å². The first kappa shape index (κ1) is 12.6. The molecule has 3 rings (SSSR count). The molecule has 1 aliphatic heterocycles. The summed E-state index contributed by atoms with van der Waals surface area (Å²) in [5.74, 6) is -0.0744. The molecule has 0 radical (unpaired) electrons. The number of aromatic nitrogens is 1. The fraction of sp³-hybridized carbons (Fsp3) is 0.267. The maximum absolute atomic E-state index is 12.4. The van der Waals surface area contributed by atoms with Gasteiger partial charge in [-0.15, -0.1) is 0 Å². The van der Waals surface area contributed by atoms with Crippen molar-refractivity contribution in [2.45, 2.75) is 18.9 Å². The van der Waals surface area contributed by atoms with Crippen molar-refractivity contribution in [1.29, 1.82) is 0 Å². The minimum atomic E-state index is -0.121. The van der Waals surface area contributed by atoms with E-state index in [4.69, 9.17) is 0 Å². The van der Waals surface area contributed by atoms with Crippen molar-refractivity contribution < 1.29 is 9.59 Å². The van der Waals surface area contributed by atoms with Crippen molar-refractivity contribution in [2.75, 3.05) is 6.54 Å². The number of carbonyl (C=O) groups is 2. The van der Waals surface area contributed by atoms with Gasteiger partial charge in [-0.1, -0.05) is 18.2 Å². The van der Waals surface area contributed by atoms with Gasteiger partial charge in [0.25, 0.3) is 5.91 Å². The maximum atomic E-state index is 12.4. The van der Waals surface area contributed by atoms with Crippen LogP contribution in [0.5, 0.6) is 0 Å². The molecule has 2 heterocycles. The molecule has 1 saturated heterocycles. The molecular weight excluding hydrogens is 254 g/mol. The van der Waals surface area contributed by atoms with Gasteiger partial charge in [0, 0.05) is 30.6 Å². The van der Waals surface area contributed by atoms with Gasteiger partial charge in [-0.05, 0) is 18.6 Å². The van der Waals surface area contributed by atoms with Gasteiger partial charge in [-0.2, -0.15) is 0 Å². The van der Waals surface area contributed by atoms with Gasteiger partial charge in [0.1, 0.15) is 0 Å². The lowest BCUT2D eigenvalue weighted by molar-refractivity contribution is -0.122. The molecule has 0 aliphatic carbocycles. The largest absolute Gasteiger partial charge is 0.354 e. The molecule has 2 amide bonds. The normalized spacial score (nSPS) is 18.6. The van der Waals surface area contributed by atoms with Crippen LogP contribution in [0.15, 0.2) is 36.5 Å². The van der Waals surface area contributed by atoms with Crippen LogP contribution in [0, 0.1) is 0 Å². The molecule has 0 saturated carbocycles. The summed E-state index contributed by atoms with van der Waals surface area (Å²) in [6, 6.07) is 9.27. The number of pyridine rings is 1. The van der Waals surface area contributed by atoms with E-state index in [1.807, 2.05) is 24.3 Å². The van der Waals surface area contributed by atoms with Crippen molar-refractivity contribution in [1.82, 2.24) is 15.6 Å². The highest BCUT2D eigenvalue weighted by molar-refractivity contribution is 6.06. The summed E-state index contributed by atoms with van der Waals surface area (Å²) in [7, 11) is 0. The van der Waals surface area contributed by atoms with Crippen LogP contribution in [0.3, 0.4) is 0 Å². The molecule has 1 aromatic carbocycles. The van der Waals surface area contributed by atoms with Crippen LogP contribution in [-0.4, -0.2) is 29.4 Å². The minimum absolute atomic E-state index is 0.00729. The first-order valence-corrected chi connectivity index (χ1v) is 6.65. The Morgan fingerprint density at radius 1 is 1.30 bits per heavy atom. The molecule has 5 heteroatoms. The van der Waals surface area contributed by atoms with Crippen molar-refractivity contribution in [3.05, 3.63) is 42.1 Å². The van der Waals surface area contributed by atoms with Gasteiger partial charge in [-0.3, -0.25) is 14.6 Å². The second-order valence-electron chi connectivity index (χ2n) is 4.89. The van der Waals surface area contributed by atoms with Crippen molar-refractivity contribution in [3.63, 3.8) is 0 Å². The summed E-state index contributed by atoms with van der Waals surface area (Å²) < 4.78 is 0. The lowest BCUT2D eigenvalue weighted by Gasteiger charge is -2.23. The Balaban J connectivity index is 1.80. The summed E-state index contributed by atoms with van der Waals surface area (Å²) in [6.45, 7) is 0.494. The van der Waals surface area contributed by atoms with Crippen LogP contribution in [-0.2, 0) is 4.79 Å². The number of rotatable bonds is 2. The number of nitrogens with zero attached hydrogens (tertiary/aromatic N) is 1. The molecule has 1 aliphatic rings. The van der Waals surface area contributed by atoms with E-state index in [9.17, 15) is 9.59 Å². The van der Waals surface area contributed by atoms with Crippen molar-refractivity contribution >= 4 is 22.7 Å². The number of fused-ring (bicyclic) bond motifs is 1. The molecule has 0 spiro atoms. The van der Waals surface area contributed by atoms with Crippen LogP contribution in [0.1, 0.15) is 23.2 Å². The fourth-order valence-corrected chi connectivity index (χ4v) is 2.41. The van der Waals surface area contributed by atoms with Crippen LogP contribution in [0.25, 0.3) is 10.9 Å². The number of piperidine rings is 1. The number of hydrogen-bond donors (Lipinski definition) is 2. The molecule has 1 fully saturated rings. The van der Waals surface area contributed by atoms with E-state index in [2.05, 4.69) is 15.6 Å². The summed E-state index contributed by atoms with van der Waals surface area (Å²) >= 11 is 0. The van der Waals surface area contributed by atoms with Crippen LogP contribution in [0.4, 0.5) is 0 Å². The Morgan fingerprint density at radius 3 is 2.95 bits per heavy atom. The molecule has 20 heavy (non-hydrogen) atoms. The SMILES string of the molecule is O=C1CCC(NC(=O)c2ccnc3ccccc23)CN1. The molecule has 0 bridgehead atoms. The number of hydrogen-bond acceptors (Lipinski definition) is 3. The summed E-state index contributed by atoms with van der Waals surface area (Å²) in [5, 5.41) is 6.57. The van der Waals surface area contributed by atoms with Crippen molar-refractivity contribution in [2.24, 2.45) is 0 Å². The highest BCUT2D eigenvalue weighted by Crippen LogP contribution is 2.16. The van der Waals surface area contributed by atoms with Gasteiger partial charge in [-0.25, -0.2) is 0 Å². The fourth-order valence-electron chi connectivity index (χ4n) is 2.41. The van der Waals surface area contributed by atoms with Crippen LogP contribution < -0.4 is 10.6 Å². The zero-order valence-corrected chi connectivity index (χ0v) is 10.9. The van der Waals surface area contributed by atoms with Gasteiger partial charge in [0.2, 0.25) is 5.91 Å². The average Bonchev–Trinajstić information content (AvgIpc) is 2.49. The standard InChI is InChI=1S/C15H15N3O2/c19-14-6-5-10(9-17-14)18-15(20)12-7-8-16-13-4-2-1-3-11(12)13/h1-4,7-8,10H,5-6,9H2,(H,17,19)(H,18,20). The summed E-state index contributed by atoms with van der Waals surface area (Å²) in [6.07, 6.45) is 2.78. The van der Waals surface area contributed by atoms with E-state index in [1.165, 1.54) is 0 Å². The lowest BCUT2D eigenvalue weighted by Crippen LogP contribution is -2.47. The second-order valence-corrected chi connectivity index (χ2v) is 4.89. The van der Waals surface area contributed by atoms with E-state index in [0.717, 1.165) is 10.9 Å². The molecule has 1 aromatic heterocycles. The Kier molecular flexibility index (Phi) is 3.33. The molecular formula is C15H15N3O2. The number of amides is 2. The molecule has 2 N–H and O–H groups in total. The molecule has 1 atom stereocenters. The van der Waals surface area contributed by atoms with Crippen LogP contribution in [0.2, 0.25) is 0 Å². The van der Waals surface area contributed by atoms with Gasteiger partial charge in [0.05, 0.1) is 11.1 Å². The molecule has 1 unspecified atom stereocenters. The van der Waals surface area contributed by atoms with Gasteiger partial charge >= 0.3 is 0 Å². The molecule has 2 aromatic rings. The number of carbonyl (C=O) groups excluding carboxylic acids is 2. The summed E-state index contributed by atoms with van der Waals surface area (Å²) in [4.78, 5) is 27.7. The Morgan fingerprint density at radius 2 is 2.15 bits per heavy atom. The van der Waals surface area contributed by atoms with E-state index in [0.29, 0.717) is 24.9 Å². The van der Waals surface area contributed by atoms with Crippen molar-refractivity contribution in [3.8, 4) is 0 Å². The van der Waals surface area contributed by atoms with E-state index in [1.54, 1.807) is 12.3 Å². The number of benzene rings is 1. The minimum Gasteiger partial charge on any atom is -0.354 e. The Labute approximate surface area is 116 Å². The Bertz CT molecular complexity index is 654. The predicted octanol–water partition coefficient (Wildman–Crippen LogP) is 1.24. The third-order valence-corrected chi connectivity index (χ3v) is 3.49. The van der Waals surface area contributed by atoms with E-state index < -0.39 is 0 Å². The van der Waals surface area contributed by atoms with E-state index >= 15 is 0 Å². The first-order valence-electron chi connectivity index (χ1n) is 6.65. The predicted molar refractivity (Wildman–Crippen MR) is 75.2 cm³/mol. The monoisotopic (exact) mass is 269 g/mol. The highest BCUT2D eigenvalue weighted by Gasteiger charge is 2.20. The lowest BCUT2D eigenvalue weighted by atomic mass is 10.0. The van der Waals surface area contributed by atoms with Crippen LogP contribution >= 0.6 is 0 Å². The molecule has 5 nitrogen and oxygen atoms in total. The topological polar surface area (TPSA) is 71.1 Å².